The third kappa shape index (κ3) is 6.95. The van der Waals surface area contributed by atoms with Crippen molar-refractivity contribution in [2.45, 2.75) is 19.8 Å². The summed E-state index contributed by atoms with van der Waals surface area (Å²) >= 11 is 0. The molecule has 31 heavy (non-hydrogen) atoms. The first-order valence-corrected chi connectivity index (χ1v) is 10.4. The van der Waals surface area contributed by atoms with Crippen molar-refractivity contribution in [2.75, 3.05) is 32.8 Å². The van der Waals surface area contributed by atoms with Crippen LogP contribution in [-0.4, -0.2) is 55.5 Å². The van der Waals surface area contributed by atoms with Gasteiger partial charge in [0.25, 0.3) is 11.8 Å². The molecule has 0 fully saturated rings. The maximum Gasteiger partial charge on any atom is 0.261 e. The first-order valence-electron chi connectivity index (χ1n) is 10.4. The molecule has 0 saturated carbocycles. The number of rotatable bonds is 10. The Kier molecular flexibility index (Phi) is 10.3. The number of fused-ring (bicyclic) bond motifs is 1. The Hall–Kier alpha value is -2.62. The van der Waals surface area contributed by atoms with Crippen LogP contribution in [0.1, 0.15) is 40.5 Å². The van der Waals surface area contributed by atoms with Gasteiger partial charge in [-0.15, -0.1) is 24.0 Å². The summed E-state index contributed by atoms with van der Waals surface area (Å²) in [5, 5.41) is 6.45. The largest absolute Gasteiger partial charge is 0.492 e. The highest BCUT2D eigenvalue weighted by Gasteiger charge is 2.34. The van der Waals surface area contributed by atoms with E-state index >= 15 is 0 Å². The Balaban J connectivity index is 0.00000341. The number of para-hydroxylation sites is 1. The van der Waals surface area contributed by atoms with Crippen LogP contribution in [0, 0.1) is 0 Å². The maximum absolute atomic E-state index is 12.4. The number of ether oxygens (including phenoxy) is 1. The second-order valence-electron chi connectivity index (χ2n) is 6.86. The van der Waals surface area contributed by atoms with Crippen LogP contribution >= 0.6 is 24.0 Å². The fraction of sp³-hybridized carbons (Fsp3) is 0.348. The van der Waals surface area contributed by atoms with E-state index in [1.807, 2.05) is 37.3 Å². The molecule has 0 aromatic heterocycles. The van der Waals surface area contributed by atoms with Crippen molar-refractivity contribution in [3.8, 4) is 5.75 Å². The van der Waals surface area contributed by atoms with Crippen LogP contribution in [-0.2, 0) is 0 Å². The molecule has 0 radical (unpaired) electrons. The average Bonchev–Trinajstić information content (AvgIpc) is 3.02. The second kappa shape index (κ2) is 12.9. The van der Waals surface area contributed by atoms with E-state index < -0.39 is 0 Å². The standard InChI is InChI=1S/C23H28N4O3.HI/c1-2-24-23(26-15-17-30-18-10-4-3-5-11-18)25-14-8-9-16-27-21(28)19-12-6-7-13-20(19)22(27)29;/h3-7,10-13H,2,8-9,14-17H2,1H3,(H2,24,25,26);1H. The molecule has 0 unspecified atom stereocenters. The highest BCUT2D eigenvalue weighted by atomic mass is 127. The summed E-state index contributed by atoms with van der Waals surface area (Å²) in [6.45, 7) is 4.97. The Morgan fingerprint density at radius 1 is 0.935 bits per heavy atom. The van der Waals surface area contributed by atoms with Crippen LogP contribution in [0.2, 0.25) is 0 Å². The molecule has 0 saturated heterocycles. The van der Waals surface area contributed by atoms with Gasteiger partial charge in [0.05, 0.1) is 17.7 Å². The molecule has 7 nitrogen and oxygen atoms in total. The Morgan fingerprint density at radius 3 is 2.23 bits per heavy atom. The average molecular weight is 536 g/mol. The van der Waals surface area contributed by atoms with Gasteiger partial charge in [0.1, 0.15) is 12.4 Å². The summed E-state index contributed by atoms with van der Waals surface area (Å²) in [6, 6.07) is 16.7. The maximum atomic E-state index is 12.4. The van der Waals surface area contributed by atoms with E-state index in [4.69, 9.17) is 4.74 Å². The number of aliphatic imine (C=N–C) groups is 1. The number of benzene rings is 2. The molecule has 2 N–H and O–H groups in total. The highest BCUT2D eigenvalue weighted by Crippen LogP contribution is 2.22. The molecule has 0 spiro atoms. The van der Waals surface area contributed by atoms with E-state index in [9.17, 15) is 9.59 Å². The van der Waals surface area contributed by atoms with Gasteiger partial charge in [-0.2, -0.15) is 0 Å². The molecule has 1 aliphatic rings. The topological polar surface area (TPSA) is 83.0 Å². The monoisotopic (exact) mass is 536 g/mol. The number of hydrogen-bond donors (Lipinski definition) is 2. The molecule has 0 atom stereocenters. The smallest absolute Gasteiger partial charge is 0.261 e. The van der Waals surface area contributed by atoms with Crippen molar-refractivity contribution in [3.63, 3.8) is 0 Å². The number of unbranched alkanes of at least 4 members (excludes halogenated alkanes) is 1. The summed E-state index contributed by atoms with van der Waals surface area (Å²) in [5.41, 5.74) is 0.994. The minimum Gasteiger partial charge on any atom is -0.492 e. The molecule has 2 aromatic rings. The predicted octanol–water partition coefficient (Wildman–Crippen LogP) is 3.31. The van der Waals surface area contributed by atoms with Crippen LogP contribution in [0.3, 0.4) is 0 Å². The number of carbonyl (C=O) groups excluding carboxylic acids is 2. The lowest BCUT2D eigenvalue weighted by atomic mass is 10.1. The number of amides is 2. The van der Waals surface area contributed by atoms with Crippen LogP contribution in [0.4, 0.5) is 0 Å². The zero-order valence-corrected chi connectivity index (χ0v) is 20.0. The lowest BCUT2D eigenvalue weighted by Crippen LogP contribution is -2.39. The SMILES string of the molecule is CCNC(=NCCCCN1C(=O)c2ccccc2C1=O)NCCOc1ccccc1.I. The molecule has 0 bridgehead atoms. The number of nitrogens with zero attached hydrogens (tertiary/aromatic N) is 2. The minimum absolute atomic E-state index is 0. The van der Waals surface area contributed by atoms with E-state index in [1.165, 1.54) is 4.90 Å². The van der Waals surface area contributed by atoms with E-state index in [0.717, 1.165) is 24.7 Å². The molecule has 0 aliphatic carbocycles. The Labute approximate surface area is 200 Å². The van der Waals surface area contributed by atoms with Crippen LogP contribution in [0.15, 0.2) is 59.6 Å². The second-order valence-corrected chi connectivity index (χ2v) is 6.86. The summed E-state index contributed by atoms with van der Waals surface area (Å²) in [7, 11) is 0. The van der Waals surface area contributed by atoms with Gasteiger partial charge in [-0.1, -0.05) is 30.3 Å². The third-order valence-electron chi connectivity index (χ3n) is 4.69. The van der Waals surface area contributed by atoms with Crippen molar-refractivity contribution in [1.29, 1.82) is 0 Å². The lowest BCUT2D eigenvalue weighted by Gasteiger charge is -2.14. The molecule has 8 heteroatoms. The number of halogens is 1. The van der Waals surface area contributed by atoms with E-state index in [1.54, 1.807) is 24.3 Å². The molecule has 1 heterocycles. The van der Waals surface area contributed by atoms with Gasteiger partial charge < -0.3 is 15.4 Å². The molecule has 2 amide bonds. The molecular formula is C23H29IN4O3. The normalized spacial score (nSPS) is 12.9. The van der Waals surface area contributed by atoms with Gasteiger partial charge in [0.2, 0.25) is 0 Å². The summed E-state index contributed by atoms with van der Waals surface area (Å²) in [5.74, 6) is 1.17. The third-order valence-corrected chi connectivity index (χ3v) is 4.69. The molecular weight excluding hydrogens is 507 g/mol. The van der Waals surface area contributed by atoms with Gasteiger partial charge in [-0.3, -0.25) is 19.5 Å². The lowest BCUT2D eigenvalue weighted by molar-refractivity contribution is 0.0652. The fourth-order valence-corrected chi connectivity index (χ4v) is 3.21. The van der Waals surface area contributed by atoms with E-state index in [0.29, 0.717) is 43.8 Å². The Morgan fingerprint density at radius 2 is 1.58 bits per heavy atom. The molecule has 3 rings (SSSR count). The van der Waals surface area contributed by atoms with Gasteiger partial charge in [-0.05, 0) is 44.0 Å². The van der Waals surface area contributed by atoms with Crippen molar-refractivity contribution < 1.29 is 14.3 Å². The molecule has 2 aromatic carbocycles. The highest BCUT2D eigenvalue weighted by molar-refractivity contribution is 14.0. The van der Waals surface area contributed by atoms with E-state index in [-0.39, 0.29) is 35.8 Å². The van der Waals surface area contributed by atoms with Gasteiger partial charge in [-0.25, -0.2) is 0 Å². The summed E-state index contributed by atoms with van der Waals surface area (Å²) in [6.07, 6.45) is 1.50. The van der Waals surface area contributed by atoms with Gasteiger partial charge >= 0.3 is 0 Å². The number of carbonyl (C=O) groups is 2. The molecule has 1 aliphatic heterocycles. The van der Waals surface area contributed by atoms with Crippen LogP contribution in [0.5, 0.6) is 5.75 Å². The van der Waals surface area contributed by atoms with Crippen LogP contribution < -0.4 is 15.4 Å². The fourth-order valence-electron chi connectivity index (χ4n) is 3.21. The van der Waals surface area contributed by atoms with Crippen molar-refractivity contribution >= 4 is 41.8 Å². The zero-order valence-electron chi connectivity index (χ0n) is 17.7. The number of guanidine groups is 1. The quantitative estimate of drug-likeness (QED) is 0.160. The number of nitrogens with one attached hydrogen (secondary N) is 2. The van der Waals surface area contributed by atoms with Crippen molar-refractivity contribution in [2.24, 2.45) is 4.99 Å². The zero-order chi connectivity index (χ0) is 21.2. The number of hydrogen-bond acceptors (Lipinski definition) is 4. The summed E-state index contributed by atoms with van der Waals surface area (Å²) in [4.78, 5) is 30.6. The van der Waals surface area contributed by atoms with Gasteiger partial charge in [0, 0.05) is 19.6 Å². The number of imide groups is 1. The van der Waals surface area contributed by atoms with E-state index in [2.05, 4.69) is 15.6 Å². The first-order chi connectivity index (χ1) is 14.7. The van der Waals surface area contributed by atoms with Crippen molar-refractivity contribution in [1.82, 2.24) is 15.5 Å². The van der Waals surface area contributed by atoms with Gasteiger partial charge in [0.15, 0.2) is 5.96 Å². The predicted molar refractivity (Wildman–Crippen MR) is 132 cm³/mol. The minimum atomic E-state index is -0.201. The first kappa shape index (κ1) is 24.6. The summed E-state index contributed by atoms with van der Waals surface area (Å²) < 4.78 is 5.67. The Bertz CT molecular complexity index is 854. The van der Waals surface area contributed by atoms with Crippen LogP contribution in [0.25, 0.3) is 0 Å². The van der Waals surface area contributed by atoms with Crippen molar-refractivity contribution in [3.05, 3.63) is 65.7 Å². The molecule has 166 valence electrons.